The molecule has 2 rings (SSSR count). The maximum absolute atomic E-state index is 3.74. The Morgan fingerprint density at radius 1 is 1.20 bits per heavy atom. The highest BCUT2D eigenvalue weighted by atomic mass is 15.1. The van der Waals surface area contributed by atoms with Crippen LogP contribution in [0.2, 0.25) is 0 Å². The summed E-state index contributed by atoms with van der Waals surface area (Å²) in [6.45, 7) is 10.1. The SMILES string of the molecule is CCN(CC)Cc1cccc(NC2CCCC(C)C2)c1. The summed E-state index contributed by atoms with van der Waals surface area (Å²) in [6.07, 6.45) is 5.42. The number of nitrogens with zero attached hydrogens (tertiary/aromatic N) is 1. The topological polar surface area (TPSA) is 15.3 Å². The summed E-state index contributed by atoms with van der Waals surface area (Å²) in [7, 11) is 0. The largest absolute Gasteiger partial charge is 0.382 e. The van der Waals surface area contributed by atoms with Crippen molar-refractivity contribution in [2.75, 3.05) is 18.4 Å². The lowest BCUT2D eigenvalue weighted by molar-refractivity contribution is 0.296. The van der Waals surface area contributed by atoms with Crippen molar-refractivity contribution in [2.24, 2.45) is 5.92 Å². The lowest BCUT2D eigenvalue weighted by atomic mass is 9.87. The Balaban J connectivity index is 1.95. The van der Waals surface area contributed by atoms with Crippen molar-refractivity contribution in [2.45, 2.75) is 59.0 Å². The second kappa shape index (κ2) is 7.68. The first-order valence-corrected chi connectivity index (χ1v) is 8.29. The minimum Gasteiger partial charge on any atom is -0.382 e. The van der Waals surface area contributed by atoms with Crippen LogP contribution in [0.3, 0.4) is 0 Å². The van der Waals surface area contributed by atoms with Crippen molar-refractivity contribution in [3.63, 3.8) is 0 Å². The maximum atomic E-state index is 3.74. The Labute approximate surface area is 124 Å². The van der Waals surface area contributed by atoms with Gasteiger partial charge in [-0.1, -0.05) is 45.7 Å². The minimum atomic E-state index is 0.669. The molecule has 2 heteroatoms. The molecular formula is C18H30N2. The molecule has 0 aromatic heterocycles. The zero-order valence-electron chi connectivity index (χ0n) is 13.4. The highest BCUT2D eigenvalue weighted by Gasteiger charge is 2.18. The van der Waals surface area contributed by atoms with Crippen LogP contribution in [0, 0.1) is 5.92 Å². The Morgan fingerprint density at radius 2 is 2.00 bits per heavy atom. The molecule has 2 atom stereocenters. The standard InChI is InChI=1S/C18H30N2/c1-4-20(5-2)14-16-9-7-11-18(13-16)19-17-10-6-8-15(3)12-17/h7,9,11,13,15,17,19H,4-6,8,10,12,14H2,1-3H3. The third kappa shape index (κ3) is 4.52. The lowest BCUT2D eigenvalue weighted by Crippen LogP contribution is -2.26. The second-order valence-corrected chi connectivity index (χ2v) is 6.27. The predicted molar refractivity (Wildman–Crippen MR) is 88.1 cm³/mol. The van der Waals surface area contributed by atoms with E-state index in [9.17, 15) is 0 Å². The predicted octanol–water partition coefficient (Wildman–Crippen LogP) is 4.52. The van der Waals surface area contributed by atoms with E-state index in [2.05, 4.69) is 55.3 Å². The maximum Gasteiger partial charge on any atom is 0.0345 e. The molecule has 0 saturated heterocycles. The molecule has 2 unspecified atom stereocenters. The van der Waals surface area contributed by atoms with Crippen LogP contribution in [-0.2, 0) is 6.54 Å². The summed E-state index contributed by atoms with van der Waals surface area (Å²) < 4.78 is 0. The first-order valence-electron chi connectivity index (χ1n) is 8.29. The number of benzene rings is 1. The van der Waals surface area contributed by atoms with E-state index in [0.717, 1.165) is 25.6 Å². The number of nitrogens with one attached hydrogen (secondary N) is 1. The van der Waals surface area contributed by atoms with E-state index in [1.807, 2.05) is 0 Å². The van der Waals surface area contributed by atoms with Gasteiger partial charge in [0.05, 0.1) is 0 Å². The van der Waals surface area contributed by atoms with E-state index in [-0.39, 0.29) is 0 Å². The third-order valence-electron chi connectivity index (χ3n) is 4.53. The van der Waals surface area contributed by atoms with Crippen LogP contribution in [0.1, 0.15) is 52.0 Å². The number of hydrogen-bond donors (Lipinski definition) is 1. The molecule has 1 aliphatic rings. The average molecular weight is 274 g/mol. The Morgan fingerprint density at radius 3 is 2.70 bits per heavy atom. The van der Waals surface area contributed by atoms with Gasteiger partial charge < -0.3 is 5.32 Å². The van der Waals surface area contributed by atoms with Crippen LogP contribution in [0.5, 0.6) is 0 Å². The van der Waals surface area contributed by atoms with Crippen LogP contribution in [0.15, 0.2) is 24.3 Å². The van der Waals surface area contributed by atoms with Crippen LogP contribution >= 0.6 is 0 Å². The number of hydrogen-bond acceptors (Lipinski definition) is 2. The number of rotatable bonds is 6. The van der Waals surface area contributed by atoms with Crippen molar-refractivity contribution in [1.29, 1.82) is 0 Å². The summed E-state index contributed by atoms with van der Waals surface area (Å²) in [6, 6.07) is 9.64. The van der Waals surface area contributed by atoms with Crippen molar-refractivity contribution >= 4 is 5.69 Å². The van der Waals surface area contributed by atoms with Crippen molar-refractivity contribution in [1.82, 2.24) is 4.90 Å². The summed E-state index contributed by atoms with van der Waals surface area (Å²) in [5, 5.41) is 3.74. The molecule has 1 N–H and O–H groups in total. The monoisotopic (exact) mass is 274 g/mol. The summed E-state index contributed by atoms with van der Waals surface area (Å²) in [5.74, 6) is 0.875. The molecular weight excluding hydrogens is 244 g/mol. The Bertz CT molecular complexity index is 398. The zero-order valence-corrected chi connectivity index (χ0v) is 13.4. The second-order valence-electron chi connectivity index (χ2n) is 6.27. The van der Waals surface area contributed by atoms with Crippen molar-refractivity contribution in [3.05, 3.63) is 29.8 Å². The zero-order chi connectivity index (χ0) is 14.4. The fourth-order valence-corrected chi connectivity index (χ4v) is 3.27. The minimum absolute atomic E-state index is 0.669. The summed E-state index contributed by atoms with van der Waals surface area (Å²) >= 11 is 0. The van der Waals surface area contributed by atoms with Gasteiger partial charge in [0.2, 0.25) is 0 Å². The van der Waals surface area contributed by atoms with Crippen LogP contribution < -0.4 is 5.32 Å². The highest BCUT2D eigenvalue weighted by Crippen LogP contribution is 2.26. The molecule has 1 saturated carbocycles. The average Bonchev–Trinajstić information content (AvgIpc) is 2.45. The van der Waals surface area contributed by atoms with Gasteiger partial charge in [0, 0.05) is 18.3 Å². The Hall–Kier alpha value is -1.02. The van der Waals surface area contributed by atoms with Gasteiger partial charge in [-0.2, -0.15) is 0 Å². The molecule has 112 valence electrons. The normalized spacial score (nSPS) is 23.0. The summed E-state index contributed by atoms with van der Waals surface area (Å²) in [5.41, 5.74) is 2.72. The Kier molecular flexibility index (Phi) is 5.90. The molecule has 1 fully saturated rings. The molecule has 0 amide bonds. The molecule has 0 bridgehead atoms. The first-order chi connectivity index (χ1) is 9.71. The lowest BCUT2D eigenvalue weighted by Gasteiger charge is -2.28. The van der Waals surface area contributed by atoms with Gasteiger partial charge in [-0.15, -0.1) is 0 Å². The van der Waals surface area contributed by atoms with Crippen LogP contribution in [0.25, 0.3) is 0 Å². The van der Waals surface area contributed by atoms with E-state index >= 15 is 0 Å². The molecule has 0 heterocycles. The van der Waals surface area contributed by atoms with Crippen LogP contribution in [0.4, 0.5) is 5.69 Å². The molecule has 0 aliphatic heterocycles. The third-order valence-corrected chi connectivity index (χ3v) is 4.53. The van der Waals surface area contributed by atoms with E-state index in [1.54, 1.807) is 0 Å². The quantitative estimate of drug-likeness (QED) is 0.820. The number of anilines is 1. The molecule has 0 radical (unpaired) electrons. The van der Waals surface area contributed by atoms with E-state index in [1.165, 1.54) is 36.9 Å². The molecule has 1 aromatic rings. The van der Waals surface area contributed by atoms with E-state index in [0.29, 0.717) is 6.04 Å². The van der Waals surface area contributed by atoms with E-state index < -0.39 is 0 Å². The van der Waals surface area contributed by atoms with Gasteiger partial charge in [0.15, 0.2) is 0 Å². The van der Waals surface area contributed by atoms with Gasteiger partial charge in [-0.05, 0) is 49.5 Å². The fourth-order valence-electron chi connectivity index (χ4n) is 3.27. The van der Waals surface area contributed by atoms with Crippen molar-refractivity contribution < 1.29 is 0 Å². The molecule has 0 spiro atoms. The van der Waals surface area contributed by atoms with Gasteiger partial charge in [0.1, 0.15) is 0 Å². The van der Waals surface area contributed by atoms with Crippen molar-refractivity contribution in [3.8, 4) is 0 Å². The first kappa shape index (κ1) is 15.4. The van der Waals surface area contributed by atoms with Crippen LogP contribution in [-0.4, -0.2) is 24.0 Å². The molecule has 1 aromatic carbocycles. The van der Waals surface area contributed by atoms with Gasteiger partial charge in [-0.3, -0.25) is 4.90 Å². The smallest absolute Gasteiger partial charge is 0.0345 e. The van der Waals surface area contributed by atoms with E-state index in [4.69, 9.17) is 0 Å². The molecule has 2 nitrogen and oxygen atoms in total. The summed E-state index contributed by atoms with van der Waals surface area (Å²) in [4.78, 5) is 2.46. The van der Waals surface area contributed by atoms with Gasteiger partial charge in [-0.25, -0.2) is 0 Å². The highest BCUT2D eigenvalue weighted by molar-refractivity contribution is 5.46. The molecule has 20 heavy (non-hydrogen) atoms. The molecule has 1 aliphatic carbocycles. The van der Waals surface area contributed by atoms with Gasteiger partial charge >= 0.3 is 0 Å². The van der Waals surface area contributed by atoms with Gasteiger partial charge in [0.25, 0.3) is 0 Å². The fraction of sp³-hybridized carbons (Fsp3) is 0.667.